The number of nitrogens with two attached hydrogens (primary N) is 3. The molecule has 2 aromatic carbocycles. The molecule has 2 heterocycles. The summed E-state index contributed by atoms with van der Waals surface area (Å²) in [6.45, 7) is 9.65. The van der Waals surface area contributed by atoms with Crippen LogP contribution in [-0.4, -0.2) is 92.9 Å². The molecule has 1 saturated heterocycles. The summed E-state index contributed by atoms with van der Waals surface area (Å²) in [5.41, 5.74) is 18.4. The van der Waals surface area contributed by atoms with Crippen LogP contribution in [-0.2, 0) is 41.5 Å². The molecule has 1 unspecified atom stereocenters. The third-order valence-corrected chi connectivity index (χ3v) is 6.68. The molecule has 14 nitrogen and oxygen atoms in total. The number of nitrogens with zero attached hydrogens (tertiary/aromatic N) is 1. The third-order valence-electron chi connectivity index (χ3n) is 6.68. The molecule has 2 aliphatic heterocycles. The number of ether oxygens (including phenoxy) is 2. The van der Waals surface area contributed by atoms with Crippen molar-refractivity contribution in [3.63, 3.8) is 0 Å². The number of primary amides is 1. The van der Waals surface area contributed by atoms with Gasteiger partial charge in [-0.25, -0.2) is 0 Å². The van der Waals surface area contributed by atoms with Crippen LogP contribution in [0.3, 0.4) is 0 Å². The molecule has 2 aromatic rings. The zero-order chi connectivity index (χ0) is 35.8. The minimum absolute atomic E-state index is 0.0653. The van der Waals surface area contributed by atoms with E-state index in [4.69, 9.17) is 24.8 Å². The summed E-state index contributed by atoms with van der Waals surface area (Å²) in [7, 11) is 1.50. The normalized spacial score (nSPS) is 15.3. The first-order chi connectivity index (χ1) is 22.7. The topological polar surface area (TPSA) is 234 Å². The van der Waals surface area contributed by atoms with Crippen molar-refractivity contribution in [2.75, 3.05) is 40.0 Å². The summed E-state index contributed by atoms with van der Waals surface area (Å²) in [6, 6.07) is 9.97. The Bertz CT molecular complexity index is 1280. The number of imide groups is 2. The number of amides is 5. The van der Waals surface area contributed by atoms with Crippen LogP contribution in [0, 0.1) is 6.92 Å². The first-order valence-corrected chi connectivity index (χ1v) is 15.2. The zero-order valence-electron chi connectivity index (χ0n) is 27.5. The second-order valence-corrected chi connectivity index (χ2v) is 9.92. The average Bonchev–Trinajstić information content (AvgIpc) is 3.64. The Morgan fingerprint density at radius 2 is 1.57 bits per heavy atom. The van der Waals surface area contributed by atoms with Crippen LogP contribution in [0.25, 0.3) is 0 Å². The highest BCUT2D eigenvalue weighted by Gasteiger charge is 2.45. The Hall–Kier alpha value is -4.50. The Kier molecular flexibility index (Phi) is 22.3. The number of phenols is 1. The number of carbonyl (C=O) groups is 6. The molecule has 3 aliphatic rings. The molecule has 1 aliphatic carbocycles. The number of fused-ring (bicyclic) bond motifs is 2. The second-order valence-electron chi connectivity index (χ2n) is 9.92. The van der Waals surface area contributed by atoms with Crippen molar-refractivity contribution >= 4 is 36.8 Å². The molecule has 14 heteroatoms. The van der Waals surface area contributed by atoms with Gasteiger partial charge in [0.2, 0.25) is 18.2 Å². The first kappa shape index (κ1) is 42.5. The van der Waals surface area contributed by atoms with Crippen LogP contribution >= 0.6 is 0 Å². The predicted molar refractivity (Wildman–Crippen MR) is 176 cm³/mol. The van der Waals surface area contributed by atoms with Crippen molar-refractivity contribution in [1.29, 1.82) is 0 Å². The Morgan fingerprint density at radius 3 is 2.15 bits per heavy atom. The summed E-state index contributed by atoms with van der Waals surface area (Å²) in [6.07, 6.45) is 5.44. The predicted octanol–water partition coefficient (Wildman–Crippen LogP) is 1.16. The van der Waals surface area contributed by atoms with Crippen molar-refractivity contribution in [3.8, 4) is 5.75 Å². The van der Waals surface area contributed by atoms with E-state index >= 15 is 0 Å². The lowest BCUT2D eigenvalue weighted by Gasteiger charge is -2.27. The van der Waals surface area contributed by atoms with Gasteiger partial charge < -0.3 is 36.6 Å². The van der Waals surface area contributed by atoms with Gasteiger partial charge in [0.1, 0.15) is 18.6 Å². The highest BCUT2D eigenvalue weighted by Crippen LogP contribution is 2.32. The van der Waals surface area contributed by atoms with Crippen LogP contribution < -0.4 is 22.5 Å². The maximum absolute atomic E-state index is 12.2. The summed E-state index contributed by atoms with van der Waals surface area (Å²) < 4.78 is 10.2. The number of aromatic hydroxyl groups is 1. The monoisotopic (exact) mass is 659 g/mol. The van der Waals surface area contributed by atoms with Crippen molar-refractivity contribution in [1.82, 2.24) is 10.2 Å². The minimum Gasteiger partial charge on any atom is -0.507 e. The van der Waals surface area contributed by atoms with E-state index in [0.717, 1.165) is 17.9 Å². The van der Waals surface area contributed by atoms with Crippen LogP contribution in [0.4, 0.5) is 0 Å². The molecule has 5 rings (SSSR count). The number of piperidine rings is 1. The van der Waals surface area contributed by atoms with E-state index in [1.807, 2.05) is 6.79 Å². The van der Waals surface area contributed by atoms with Gasteiger partial charge in [-0.1, -0.05) is 36.8 Å². The highest BCUT2D eigenvalue weighted by molar-refractivity contribution is 6.24. The molecule has 5 amide bonds. The largest absolute Gasteiger partial charge is 0.507 e. The van der Waals surface area contributed by atoms with Gasteiger partial charge in [-0.2, -0.15) is 0 Å². The fraction of sp³-hybridized carbons (Fsp3) is 0.455. The van der Waals surface area contributed by atoms with Gasteiger partial charge in [0.05, 0.1) is 30.9 Å². The van der Waals surface area contributed by atoms with E-state index in [0.29, 0.717) is 26.4 Å². The molecule has 0 saturated carbocycles. The summed E-state index contributed by atoms with van der Waals surface area (Å²) >= 11 is 0. The number of phenolic OH excluding ortho intramolecular Hbond substituents is 1. The van der Waals surface area contributed by atoms with Gasteiger partial charge in [0.15, 0.2) is 0 Å². The molecule has 1 atom stereocenters. The van der Waals surface area contributed by atoms with Gasteiger partial charge >= 0.3 is 0 Å². The van der Waals surface area contributed by atoms with Gasteiger partial charge in [-0.05, 0) is 69.3 Å². The van der Waals surface area contributed by atoms with E-state index in [1.54, 1.807) is 11.1 Å². The van der Waals surface area contributed by atoms with Crippen LogP contribution in [0.15, 0.2) is 36.4 Å². The molecular weight excluding hydrogens is 610 g/mol. The lowest BCUT2D eigenvalue weighted by Crippen LogP contribution is -2.54. The molecule has 0 aromatic heterocycles. The Balaban J connectivity index is 0.000000665. The average molecular weight is 660 g/mol. The van der Waals surface area contributed by atoms with Crippen molar-refractivity contribution in [3.05, 3.63) is 64.2 Å². The first-order valence-electron chi connectivity index (χ1n) is 15.2. The number of hydrogen-bond donors (Lipinski definition) is 5. The van der Waals surface area contributed by atoms with Crippen LogP contribution in [0.2, 0.25) is 0 Å². The van der Waals surface area contributed by atoms with Crippen LogP contribution in [0.1, 0.15) is 70.0 Å². The molecule has 0 bridgehead atoms. The van der Waals surface area contributed by atoms with Crippen molar-refractivity contribution in [2.45, 2.75) is 58.4 Å². The standard InChI is InChI=1S/C13H10N2O5.C10H12.C7H17NO2.CH3NO.CH5N.CH2O/c16-8-3-1-2-6-10(8)13(20)15(12(6)19)7-4-5-9(17)14-11(7)18;1-8-5-6-9-3-2-4-10(9)7-8;1-2-4-9-6-7-10-5-3-8;2-1-3;2*1-2/h1-3,7,16H,4-5H2,(H,14,17,18);5-7H,2-4H2,1H3;2-8H2,1H3;1H,(H2,2,3);2H2,1H3;1H2. The summed E-state index contributed by atoms with van der Waals surface area (Å²) in [5, 5.41) is 11.8. The zero-order valence-corrected chi connectivity index (χ0v) is 27.5. The number of nitrogens with one attached hydrogen (secondary N) is 1. The van der Waals surface area contributed by atoms with Crippen molar-refractivity contribution < 1.29 is 43.3 Å². The fourth-order valence-electron chi connectivity index (χ4n) is 4.75. The number of benzene rings is 2. The van der Waals surface area contributed by atoms with E-state index in [-0.39, 0.29) is 36.1 Å². The molecule has 47 heavy (non-hydrogen) atoms. The minimum atomic E-state index is -1.01. The Labute approximate surface area is 275 Å². The van der Waals surface area contributed by atoms with Gasteiger partial charge in [-0.3, -0.25) is 34.2 Å². The smallest absolute Gasteiger partial charge is 0.266 e. The fourth-order valence-corrected chi connectivity index (χ4v) is 4.75. The number of rotatable bonds is 8. The number of carbonyl (C=O) groups excluding carboxylic acids is 6. The lowest BCUT2D eigenvalue weighted by molar-refractivity contribution is -0.136. The van der Waals surface area contributed by atoms with Crippen LogP contribution in [0.5, 0.6) is 5.75 Å². The van der Waals surface area contributed by atoms with E-state index in [1.165, 1.54) is 50.1 Å². The maximum atomic E-state index is 12.2. The summed E-state index contributed by atoms with van der Waals surface area (Å²) in [5.74, 6) is -2.73. The molecule has 0 spiro atoms. The quantitative estimate of drug-likeness (QED) is 0.153. The number of hydrogen-bond acceptors (Lipinski definition) is 11. The van der Waals surface area contributed by atoms with Crippen molar-refractivity contribution in [2.24, 2.45) is 17.2 Å². The van der Waals surface area contributed by atoms with E-state index in [9.17, 15) is 24.3 Å². The molecule has 260 valence electrons. The highest BCUT2D eigenvalue weighted by atomic mass is 16.5. The summed E-state index contributed by atoms with van der Waals surface area (Å²) in [4.78, 5) is 64.7. The van der Waals surface area contributed by atoms with Gasteiger partial charge in [-0.15, -0.1) is 0 Å². The second kappa shape index (κ2) is 24.7. The third kappa shape index (κ3) is 13.8. The SMILES string of the molecule is C=O.CCCOCCOCCN.CN.Cc1ccc2c(c1)CCC2.NC=O.O=C1CCC(N2C(=O)c3cccc(O)c3C2=O)C(=O)N1. The molecule has 8 N–H and O–H groups in total. The molecular formula is C33H49N5O9. The maximum Gasteiger partial charge on any atom is 0.266 e. The molecule has 1 fully saturated rings. The van der Waals surface area contributed by atoms with E-state index in [2.05, 4.69) is 48.8 Å². The van der Waals surface area contributed by atoms with Gasteiger partial charge in [0, 0.05) is 19.6 Å². The molecule has 0 radical (unpaired) electrons. The number of aryl methyl sites for hydroxylation is 3. The lowest BCUT2D eigenvalue weighted by atomic mass is 10.0. The Morgan fingerprint density at radius 1 is 0.957 bits per heavy atom. The van der Waals surface area contributed by atoms with E-state index < -0.39 is 29.7 Å². The van der Waals surface area contributed by atoms with Gasteiger partial charge in [0.25, 0.3) is 11.8 Å².